The second-order valence-corrected chi connectivity index (χ2v) is 2.95. The first-order valence-corrected chi connectivity index (χ1v) is 4.58. The third kappa shape index (κ3) is 1.92. The van der Waals surface area contributed by atoms with Crippen LogP contribution in [0.2, 0.25) is 5.15 Å². The molecule has 1 rings (SSSR count). The SMILES string of the molecule is OCc1ccnc(Cl)c1CBr. The summed E-state index contributed by atoms with van der Waals surface area (Å²) in [7, 11) is 0. The average molecular weight is 236 g/mol. The molecule has 0 amide bonds. The molecule has 1 aromatic heterocycles. The Balaban J connectivity index is 3.13. The van der Waals surface area contributed by atoms with E-state index in [1.165, 1.54) is 0 Å². The molecule has 0 fully saturated rings. The highest BCUT2D eigenvalue weighted by Gasteiger charge is 2.04. The van der Waals surface area contributed by atoms with Crippen LogP contribution in [0.15, 0.2) is 12.3 Å². The molecule has 0 spiro atoms. The molecule has 0 aromatic carbocycles. The Morgan fingerprint density at radius 3 is 2.82 bits per heavy atom. The quantitative estimate of drug-likeness (QED) is 0.630. The van der Waals surface area contributed by atoms with Gasteiger partial charge in [0.05, 0.1) is 6.61 Å². The minimum absolute atomic E-state index is 0.00315. The van der Waals surface area contributed by atoms with Gasteiger partial charge in [0.2, 0.25) is 0 Å². The summed E-state index contributed by atoms with van der Waals surface area (Å²) in [4.78, 5) is 3.88. The minimum Gasteiger partial charge on any atom is -0.392 e. The van der Waals surface area contributed by atoms with E-state index >= 15 is 0 Å². The zero-order chi connectivity index (χ0) is 8.27. The third-order valence-corrected chi connectivity index (χ3v) is 2.29. The lowest BCUT2D eigenvalue weighted by Gasteiger charge is -2.03. The van der Waals surface area contributed by atoms with E-state index < -0.39 is 0 Å². The van der Waals surface area contributed by atoms with E-state index in [-0.39, 0.29) is 6.61 Å². The number of aliphatic hydroxyl groups is 1. The van der Waals surface area contributed by atoms with Crippen molar-refractivity contribution in [2.75, 3.05) is 0 Å². The van der Waals surface area contributed by atoms with Gasteiger partial charge >= 0.3 is 0 Å². The lowest BCUT2D eigenvalue weighted by Crippen LogP contribution is -1.93. The van der Waals surface area contributed by atoms with Gasteiger partial charge in [-0.3, -0.25) is 0 Å². The van der Waals surface area contributed by atoms with E-state index in [1.807, 2.05) is 0 Å². The second kappa shape index (κ2) is 4.04. The summed E-state index contributed by atoms with van der Waals surface area (Å²) in [5.41, 5.74) is 1.68. The first-order valence-electron chi connectivity index (χ1n) is 3.08. The largest absolute Gasteiger partial charge is 0.392 e. The molecule has 60 valence electrons. The summed E-state index contributed by atoms with van der Waals surface area (Å²) in [6.07, 6.45) is 1.58. The maximum absolute atomic E-state index is 8.87. The number of pyridine rings is 1. The molecule has 0 radical (unpaired) electrons. The summed E-state index contributed by atoms with van der Waals surface area (Å²) >= 11 is 9.02. The Kier molecular flexibility index (Phi) is 3.30. The van der Waals surface area contributed by atoms with E-state index in [2.05, 4.69) is 20.9 Å². The van der Waals surface area contributed by atoms with E-state index in [4.69, 9.17) is 16.7 Å². The van der Waals surface area contributed by atoms with Gasteiger partial charge in [-0.15, -0.1) is 0 Å². The molecular weight excluding hydrogens is 229 g/mol. The molecule has 0 saturated heterocycles. The van der Waals surface area contributed by atoms with Gasteiger partial charge in [0, 0.05) is 17.1 Å². The molecule has 0 atom stereocenters. The van der Waals surface area contributed by atoms with Gasteiger partial charge in [0.25, 0.3) is 0 Å². The Morgan fingerprint density at radius 1 is 1.64 bits per heavy atom. The van der Waals surface area contributed by atoms with Crippen LogP contribution < -0.4 is 0 Å². The first-order chi connectivity index (χ1) is 5.29. The number of halogens is 2. The van der Waals surface area contributed by atoms with Crippen molar-refractivity contribution in [2.45, 2.75) is 11.9 Å². The maximum atomic E-state index is 8.87. The Labute approximate surface area is 78.3 Å². The van der Waals surface area contributed by atoms with Crippen molar-refractivity contribution in [3.8, 4) is 0 Å². The maximum Gasteiger partial charge on any atom is 0.133 e. The van der Waals surface area contributed by atoms with Crippen LogP contribution in [0.5, 0.6) is 0 Å². The van der Waals surface area contributed by atoms with Crippen molar-refractivity contribution in [1.29, 1.82) is 0 Å². The Hall–Kier alpha value is -0.120. The highest BCUT2D eigenvalue weighted by Crippen LogP contribution is 2.19. The standard InChI is InChI=1S/C7H7BrClNO/c8-3-6-5(4-11)1-2-10-7(6)9/h1-2,11H,3-4H2. The average Bonchev–Trinajstić information content (AvgIpc) is 2.04. The minimum atomic E-state index is 0.00315. The van der Waals surface area contributed by atoms with E-state index in [0.717, 1.165) is 11.1 Å². The molecule has 0 unspecified atom stereocenters. The fourth-order valence-corrected chi connectivity index (χ4v) is 1.82. The second-order valence-electron chi connectivity index (χ2n) is 2.03. The molecule has 11 heavy (non-hydrogen) atoms. The number of alkyl halides is 1. The van der Waals surface area contributed by atoms with E-state index in [9.17, 15) is 0 Å². The highest BCUT2D eigenvalue weighted by atomic mass is 79.9. The van der Waals surface area contributed by atoms with E-state index in [0.29, 0.717) is 10.5 Å². The lowest BCUT2D eigenvalue weighted by atomic mass is 10.2. The summed E-state index contributed by atoms with van der Waals surface area (Å²) in [5, 5.41) is 9.94. The number of hydrogen-bond acceptors (Lipinski definition) is 2. The zero-order valence-electron chi connectivity index (χ0n) is 5.72. The predicted molar refractivity (Wildman–Crippen MR) is 47.8 cm³/mol. The van der Waals surface area contributed by atoms with Gasteiger partial charge in [-0.1, -0.05) is 27.5 Å². The van der Waals surface area contributed by atoms with Crippen LogP contribution in [0.25, 0.3) is 0 Å². The lowest BCUT2D eigenvalue weighted by molar-refractivity contribution is 0.281. The van der Waals surface area contributed by atoms with Crippen molar-refractivity contribution in [3.63, 3.8) is 0 Å². The van der Waals surface area contributed by atoms with Crippen LogP contribution in [0, 0.1) is 0 Å². The van der Waals surface area contributed by atoms with Crippen LogP contribution >= 0.6 is 27.5 Å². The van der Waals surface area contributed by atoms with Crippen molar-refractivity contribution in [2.24, 2.45) is 0 Å². The van der Waals surface area contributed by atoms with Crippen molar-refractivity contribution >= 4 is 27.5 Å². The van der Waals surface area contributed by atoms with Crippen LogP contribution in [0.3, 0.4) is 0 Å². The van der Waals surface area contributed by atoms with Gasteiger partial charge in [-0.25, -0.2) is 4.98 Å². The molecule has 0 aliphatic rings. The predicted octanol–water partition coefficient (Wildman–Crippen LogP) is 2.12. The number of aromatic nitrogens is 1. The summed E-state index contributed by atoms with van der Waals surface area (Å²) in [6, 6.07) is 1.75. The van der Waals surface area contributed by atoms with Crippen LogP contribution in [0.4, 0.5) is 0 Å². The zero-order valence-corrected chi connectivity index (χ0v) is 8.06. The monoisotopic (exact) mass is 235 g/mol. The first kappa shape index (κ1) is 8.97. The van der Waals surface area contributed by atoms with Gasteiger partial charge in [0.15, 0.2) is 0 Å². The van der Waals surface area contributed by atoms with Crippen molar-refractivity contribution in [1.82, 2.24) is 4.98 Å². The summed E-state index contributed by atoms with van der Waals surface area (Å²) < 4.78 is 0. The summed E-state index contributed by atoms with van der Waals surface area (Å²) in [5.74, 6) is 0. The van der Waals surface area contributed by atoms with Crippen molar-refractivity contribution < 1.29 is 5.11 Å². The third-order valence-electron chi connectivity index (χ3n) is 1.40. The van der Waals surface area contributed by atoms with Crippen LogP contribution in [0.1, 0.15) is 11.1 Å². The number of nitrogens with zero attached hydrogens (tertiary/aromatic N) is 1. The Bertz CT molecular complexity index is 254. The van der Waals surface area contributed by atoms with Gasteiger partial charge in [-0.2, -0.15) is 0 Å². The fourth-order valence-electron chi connectivity index (χ4n) is 0.793. The molecule has 0 saturated carbocycles. The molecule has 2 nitrogen and oxygen atoms in total. The van der Waals surface area contributed by atoms with Gasteiger partial charge in [-0.05, 0) is 11.6 Å². The number of rotatable bonds is 2. The summed E-state index contributed by atoms with van der Waals surface area (Å²) in [6.45, 7) is 0.00315. The van der Waals surface area contributed by atoms with Crippen molar-refractivity contribution in [3.05, 3.63) is 28.5 Å². The molecule has 4 heteroatoms. The topological polar surface area (TPSA) is 33.1 Å². The number of aliphatic hydroxyl groups excluding tert-OH is 1. The fraction of sp³-hybridized carbons (Fsp3) is 0.286. The highest BCUT2D eigenvalue weighted by molar-refractivity contribution is 9.08. The van der Waals surface area contributed by atoms with Gasteiger partial charge < -0.3 is 5.11 Å². The molecule has 0 aliphatic heterocycles. The smallest absolute Gasteiger partial charge is 0.133 e. The van der Waals surface area contributed by atoms with Crippen LogP contribution in [-0.4, -0.2) is 10.1 Å². The molecule has 0 aliphatic carbocycles. The van der Waals surface area contributed by atoms with Gasteiger partial charge in [0.1, 0.15) is 5.15 Å². The molecule has 1 aromatic rings. The molecule has 1 N–H and O–H groups in total. The molecular formula is C7H7BrClNO. The molecule has 0 bridgehead atoms. The van der Waals surface area contributed by atoms with E-state index in [1.54, 1.807) is 12.3 Å². The number of hydrogen-bond donors (Lipinski definition) is 1. The van der Waals surface area contributed by atoms with Crippen LogP contribution in [-0.2, 0) is 11.9 Å². The Morgan fingerprint density at radius 2 is 2.36 bits per heavy atom. The molecule has 1 heterocycles. The normalized spacial score (nSPS) is 10.1.